The van der Waals surface area contributed by atoms with Gasteiger partial charge in [0.15, 0.2) is 0 Å². The van der Waals surface area contributed by atoms with E-state index in [1.54, 1.807) is 19.0 Å². The lowest BCUT2D eigenvalue weighted by Gasteiger charge is -2.03. The second-order valence-corrected chi connectivity index (χ2v) is 2.27. The van der Waals surface area contributed by atoms with E-state index in [2.05, 4.69) is 4.98 Å². The van der Waals surface area contributed by atoms with E-state index in [1.165, 1.54) is 6.20 Å². The second-order valence-electron chi connectivity index (χ2n) is 2.27. The van der Waals surface area contributed by atoms with Gasteiger partial charge < -0.3 is 15.1 Å². The SMILES string of the molecule is CN(C)c1ncc(C(N)=O)o1. The zero-order valence-electron chi connectivity index (χ0n) is 6.37. The highest BCUT2D eigenvalue weighted by Crippen LogP contribution is 2.09. The predicted octanol–water partition coefficient (Wildman–Crippen LogP) is -0.160. The van der Waals surface area contributed by atoms with Crippen molar-refractivity contribution in [3.05, 3.63) is 12.0 Å². The molecule has 0 saturated heterocycles. The van der Waals surface area contributed by atoms with Gasteiger partial charge in [-0.3, -0.25) is 4.79 Å². The van der Waals surface area contributed by atoms with Crippen molar-refractivity contribution in [2.24, 2.45) is 5.73 Å². The molecule has 0 aliphatic carbocycles. The van der Waals surface area contributed by atoms with Crippen LogP contribution in [0.4, 0.5) is 6.01 Å². The Balaban J connectivity index is 2.90. The lowest BCUT2D eigenvalue weighted by Crippen LogP contribution is -2.10. The molecule has 1 aromatic heterocycles. The summed E-state index contributed by atoms with van der Waals surface area (Å²) >= 11 is 0. The van der Waals surface area contributed by atoms with Gasteiger partial charge in [0.05, 0.1) is 6.20 Å². The van der Waals surface area contributed by atoms with Gasteiger partial charge in [0.1, 0.15) is 0 Å². The third-order valence-electron chi connectivity index (χ3n) is 1.12. The summed E-state index contributed by atoms with van der Waals surface area (Å²) < 4.78 is 4.95. The van der Waals surface area contributed by atoms with Gasteiger partial charge in [-0.1, -0.05) is 0 Å². The van der Waals surface area contributed by atoms with Crippen LogP contribution in [0.25, 0.3) is 0 Å². The number of amides is 1. The Morgan fingerprint density at radius 1 is 1.73 bits per heavy atom. The third kappa shape index (κ3) is 1.49. The highest BCUT2D eigenvalue weighted by molar-refractivity contribution is 5.89. The number of primary amides is 1. The van der Waals surface area contributed by atoms with Gasteiger partial charge >= 0.3 is 0 Å². The van der Waals surface area contributed by atoms with Crippen LogP contribution in [0.2, 0.25) is 0 Å². The number of rotatable bonds is 2. The first-order chi connectivity index (χ1) is 5.11. The Morgan fingerprint density at radius 2 is 2.36 bits per heavy atom. The number of nitrogens with two attached hydrogens (primary N) is 1. The fraction of sp³-hybridized carbons (Fsp3) is 0.333. The Hall–Kier alpha value is -1.52. The van der Waals surface area contributed by atoms with E-state index < -0.39 is 5.91 Å². The van der Waals surface area contributed by atoms with Crippen LogP contribution in [0.3, 0.4) is 0 Å². The average Bonchev–Trinajstić information content (AvgIpc) is 2.33. The molecule has 5 heteroatoms. The summed E-state index contributed by atoms with van der Waals surface area (Å²) in [6, 6.07) is 0.374. The van der Waals surface area contributed by atoms with E-state index in [1.807, 2.05) is 0 Å². The molecule has 0 saturated carbocycles. The quantitative estimate of drug-likeness (QED) is 0.644. The summed E-state index contributed by atoms with van der Waals surface area (Å²) in [7, 11) is 3.52. The minimum Gasteiger partial charge on any atom is -0.418 e. The normalized spacial score (nSPS) is 9.64. The molecule has 0 fully saturated rings. The van der Waals surface area contributed by atoms with Crippen LogP contribution in [0.1, 0.15) is 10.6 Å². The van der Waals surface area contributed by atoms with Gasteiger partial charge in [-0.15, -0.1) is 0 Å². The molecular formula is C6H9N3O2. The minimum atomic E-state index is -0.606. The summed E-state index contributed by atoms with van der Waals surface area (Å²) in [4.78, 5) is 15.9. The predicted molar refractivity (Wildman–Crippen MR) is 39.3 cm³/mol. The van der Waals surface area contributed by atoms with E-state index in [0.717, 1.165) is 0 Å². The number of hydrogen-bond donors (Lipinski definition) is 1. The Bertz CT molecular complexity index is 267. The topological polar surface area (TPSA) is 72.4 Å². The number of aromatic nitrogens is 1. The maximum atomic E-state index is 10.5. The van der Waals surface area contributed by atoms with Crippen molar-refractivity contribution in [2.75, 3.05) is 19.0 Å². The van der Waals surface area contributed by atoms with Gasteiger partial charge in [-0.2, -0.15) is 0 Å². The first-order valence-electron chi connectivity index (χ1n) is 3.04. The van der Waals surface area contributed by atoms with Crippen molar-refractivity contribution < 1.29 is 9.21 Å². The van der Waals surface area contributed by atoms with Crippen molar-refractivity contribution >= 4 is 11.9 Å². The zero-order valence-corrected chi connectivity index (χ0v) is 6.37. The van der Waals surface area contributed by atoms with Crippen molar-refractivity contribution in [2.45, 2.75) is 0 Å². The summed E-state index contributed by atoms with van der Waals surface area (Å²) in [5, 5.41) is 0. The standard InChI is InChI=1S/C6H9N3O2/c1-9(2)6-8-3-4(11-6)5(7)10/h3H,1-2H3,(H2,7,10). The molecule has 0 unspecified atom stereocenters. The molecular weight excluding hydrogens is 146 g/mol. The molecule has 1 heterocycles. The number of nitrogens with zero attached hydrogens (tertiary/aromatic N) is 2. The second kappa shape index (κ2) is 2.61. The van der Waals surface area contributed by atoms with Crippen molar-refractivity contribution in [3.8, 4) is 0 Å². The first-order valence-corrected chi connectivity index (χ1v) is 3.04. The summed E-state index contributed by atoms with van der Waals surface area (Å²) in [6.45, 7) is 0. The van der Waals surface area contributed by atoms with E-state index >= 15 is 0 Å². The van der Waals surface area contributed by atoms with E-state index in [4.69, 9.17) is 10.2 Å². The van der Waals surface area contributed by atoms with Gasteiger partial charge in [-0.25, -0.2) is 4.98 Å². The van der Waals surface area contributed by atoms with E-state index in [0.29, 0.717) is 6.01 Å². The number of anilines is 1. The summed E-state index contributed by atoms with van der Waals surface area (Å²) in [5.41, 5.74) is 4.94. The molecule has 11 heavy (non-hydrogen) atoms. The van der Waals surface area contributed by atoms with Gasteiger partial charge in [0.2, 0.25) is 5.76 Å². The molecule has 1 aromatic rings. The minimum absolute atomic E-state index is 0.0775. The van der Waals surface area contributed by atoms with Crippen LogP contribution in [0.5, 0.6) is 0 Å². The first kappa shape index (κ1) is 7.59. The van der Waals surface area contributed by atoms with Crippen LogP contribution in [-0.2, 0) is 0 Å². The number of oxazole rings is 1. The molecule has 5 nitrogen and oxygen atoms in total. The molecule has 0 bridgehead atoms. The number of carbonyl (C=O) groups excluding carboxylic acids is 1. The van der Waals surface area contributed by atoms with E-state index in [-0.39, 0.29) is 5.76 Å². The van der Waals surface area contributed by atoms with Crippen molar-refractivity contribution in [3.63, 3.8) is 0 Å². The monoisotopic (exact) mass is 155 g/mol. The average molecular weight is 155 g/mol. The Kier molecular flexibility index (Phi) is 1.80. The molecule has 0 spiro atoms. The molecule has 2 N–H and O–H groups in total. The lowest BCUT2D eigenvalue weighted by molar-refractivity contribution is 0.0974. The maximum Gasteiger partial charge on any atom is 0.297 e. The number of carbonyl (C=O) groups is 1. The third-order valence-corrected chi connectivity index (χ3v) is 1.12. The van der Waals surface area contributed by atoms with Gasteiger partial charge in [-0.05, 0) is 0 Å². The number of hydrogen-bond acceptors (Lipinski definition) is 4. The molecule has 0 radical (unpaired) electrons. The highest BCUT2D eigenvalue weighted by Gasteiger charge is 2.08. The lowest BCUT2D eigenvalue weighted by atomic mass is 10.5. The molecule has 0 aromatic carbocycles. The van der Waals surface area contributed by atoms with Gasteiger partial charge in [0, 0.05) is 14.1 Å². The fourth-order valence-electron chi connectivity index (χ4n) is 0.586. The maximum absolute atomic E-state index is 10.5. The van der Waals surface area contributed by atoms with Gasteiger partial charge in [0.25, 0.3) is 11.9 Å². The smallest absolute Gasteiger partial charge is 0.297 e. The van der Waals surface area contributed by atoms with Crippen LogP contribution in [0.15, 0.2) is 10.6 Å². The Labute approximate surface area is 63.8 Å². The van der Waals surface area contributed by atoms with Crippen molar-refractivity contribution in [1.82, 2.24) is 4.98 Å². The largest absolute Gasteiger partial charge is 0.418 e. The van der Waals surface area contributed by atoms with E-state index in [9.17, 15) is 4.79 Å². The van der Waals surface area contributed by atoms with Crippen LogP contribution >= 0.6 is 0 Å². The fourth-order valence-corrected chi connectivity index (χ4v) is 0.586. The van der Waals surface area contributed by atoms with Crippen LogP contribution in [0, 0.1) is 0 Å². The van der Waals surface area contributed by atoms with Crippen LogP contribution < -0.4 is 10.6 Å². The Morgan fingerprint density at radius 3 is 2.64 bits per heavy atom. The summed E-state index contributed by atoms with van der Waals surface area (Å²) in [6.07, 6.45) is 1.30. The molecule has 1 rings (SSSR count). The molecule has 1 amide bonds. The van der Waals surface area contributed by atoms with Crippen LogP contribution in [-0.4, -0.2) is 25.0 Å². The van der Waals surface area contributed by atoms with Crippen molar-refractivity contribution in [1.29, 1.82) is 0 Å². The summed E-state index contributed by atoms with van der Waals surface area (Å²) in [5.74, 6) is -0.528. The highest BCUT2D eigenvalue weighted by atomic mass is 16.4. The molecule has 0 aliphatic heterocycles. The zero-order chi connectivity index (χ0) is 8.43. The molecule has 60 valence electrons. The molecule has 0 aliphatic rings. The molecule has 0 atom stereocenters.